The van der Waals surface area contributed by atoms with Crippen LogP contribution in [0.4, 0.5) is 0 Å². The summed E-state index contributed by atoms with van der Waals surface area (Å²) in [4.78, 5) is 14.9. The van der Waals surface area contributed by atoms with E-state index in [1.54, 1.807) is 0 Å². The van der Waals surface area contributed by atoms with Gasteiger partial charge in [-0.1, -0.05) is 30.5 Å². The van der Waals surface area contributed by atoms with Gasteiger partial charge in [0, 0.05) is 6.54 Å². The van der Waals surface area contributed by atoms with Gasteiger partial charge in [0.15, 0.2) is 0 Å². The molecule has 1 N–H and O–H groups in total. The van der Waals surface area contributed by atoms with Gasteiger partial charge in [0.05, 0.1) is 10.6 Å². The van der Waals surface area contributed by atoms with Crippen molar-refractivity contribution >= 4 is 17.5 Å². The molecule has 0 bridgehead atoms. The zero-order valence-electron chi connectivity index (χ0n) is 14.2. The Morgan fingerprint density at radius 1 is 1.35 bits per heavy atom. The average molecular weight is 335 g/mol. The van der Waals surface area contributed by atoms with Gasteiger partial charge < -0.3 is 10.2 Å². The molecule has 4 heteroatoms. The monoisotopic (exact) mass is 334 g/mol. The fourth-order valence-electron chi connectivity index (χ4n) is 3.65. The van der Waals surface area contributed by atoms with Crippen molar-refractivity contribution in [2.45, 2.75) is 39.0 Å². The summed E-state index contributed by atoms with van der Waals surface area (Å²) in [7, 11) is 2.19. The van der Waals surface area contributed by atoms with E-state index < -0.39 is 0 Å². The van der Waals surface area contributed by atoms with E-state index in [0.29, 0.717) is 10.6 Å². The van der Waals surface area contributed by atoms with E-state index in [1.807, 2.05) is 25.1 Å². The predicted molar refractivity (Wildman–Crippen MR) is 95.0 cm³/mol. The molecule has 1 amide bonds. The average Bonchev–Trinajstić information content (AvgIpc) is 3.32. The van der Waals surface area contributed by atoms with Crippen molar-refractivity contribution in [1.29, 1.82) is 0 Å². The summed E-state index contributed by atoms with van der Waals surface area (Å²) in [6.07, 6.45) is 6.37. The van der Waals surface area contributed by atoms with Crippen molar-refractivity contribution < 1.29 is 4.79 Å². The molecule has 2 fully saturated rings. The Kier molecular flexibility index (Phi) is 4.98. The van der Waals surface area contributed by atoms with E-state index in [2.05, 4.69) is 17.3 Å². The Balaban J connectivity index is 1.64. The number of hydrogen-bond acceptors (Lipinski definition) is 2. The zero-order chi connectivity index (χ0) is 16.4. The van der Waals surface area contributed by atoms with Gasteiger partial charge in [0.25, 0.3) is 5.91 Å². The maximum atomic E-state index is 12.5. The number of halogens is 1. The lowest BCUT2D eigenvalue weighted by molar-refractivity contribution is 0.0822. The van der Waals surface area contributed by atoms with Crippen molar-refractivity contribution in [3.63, 3.8) is 0 Å². The fourth-order valence-corrected chi connectivity index (χ4v) is 3.97. The number of rotatable bonds is 5. The quantitative estimate of drug-likeness (QED) is 0.886. The Bertz CT molecular complexity index is 575. The van der Waals surface area contributed by atoms with Crippen molar-refractivity contribution in [2.24, 2.45) is 11.3 Å². The second kappa shape index (κ2) is 6.82. The van der Waals surface area contributed by atoms with Crippen LogP contribution in [0.1, 0.15) is 48.0 Å². The second-order valence-electron chi connectivity index (χ2n) is 7.62. The van der Waals surface area contributed by atoms with E-state index in [0.717, 1.165) is 31.1 Å². The molecule has 1 saturated carbocycles. The Labute approximate surface area is 144 Å². The van der Waals surface area contributed by atoms with E-state index >= 15 is 0 Å². The highest BCUT2D eigenvalue weighted by Crippen LogP contribution is 2.45. The SMILES string of the molecule is Cc1ccc(C(=O)NCC2(CC3CC3)CCN(C)CC2)c(Cl)c1. The zero-order valence-corrected chi connectivity index (χ0v) is 15.0. The van der Waals surface area contributed by atoms with Gasteiger partial charge in [0.1, 0.15) is 0 Å². The molecule has 0 atom stereocenters. The molecule has 1 aliphatic carbocycles. The third kappa shape index (κ3) is 4.27. The molecule has 1 aromatic rings. The molecular formula is C19H27ClN2O. The van der Waals surface area contributed by atoms with Crippen LogP contribution in [0, 0.1) is 18.3 Å². The molecule has 1 saturated heterocycles. The maximum absolute atomic E-state index is 12.5. The molecule has 3 rings (SSSR count). The Morgan fingerprint density at radius 2 is 2.04 bits per heavy atom. The molecule has 23 heavy (non-hydrogen) atoms. The molecule has 1 heterocycles. The minimum absolute atomic E-state index is 0.0379. The summed E-state index contributed by atoms with van der Waals surface area (Å²) in [5.74, 6) is 0.849. The summed E-state index contributed by atoms with van der Waals surface area (Å²) in [6.45, 7) is 5.03. The predicted octanol–water partition coefficient (Wildman–Crippen LogP) is 3.89. The molecule has 0 radical (unpaired) electrons. The van der Waals surface area contributed by atoms with Crippen molar-refractivity contribution in [3.05, 3.63) is 34.3 Å². The van der Waals surface area contributed by atoms with Crippen LogP contribution in [0.3, 0.4) is 0 Å². The van der Waals surface area contributed by atoms with Crippen LogP contribution in [-0.2, 0) is 0 Å². The summed E-state index contributed by atoms with van der Waals surface area (Å²) in [6, 6.07) is 5.62. The summed E-state index contributed by atoms with van der Waals surface area (Å²) in [5, 5.41) is 3.72. The van der Waals surface area contributed by atoms with Gasteiger partial charge in [-0.2, -0.15) is 0 Å². The van der Waals surface area contributed by atoms with Gasteiger partial charge in [-0.25, -0.2) is 0 Å². The van der Waals surface area contributed by atoms with Crippen LogP contribution in [0.25, 0.3) is 0 Å². The normalized spacial score (nSPS) is 21.2. The number of carbonyl (C=O) groups is 1. The number of nitrogens with one attached hydrogen (secondary N) is 1. The van der Waals surface area contributed by atoms with Gasteiger partial charge in [-0.15, -0.1) is 0 Å². The molecule has 2 aliphatic rings. The van der Waals surface area contributed by atoms with Crippen LogP contribution in [0.2, 0.25) is 5.02 Å². The number of aryl methyl sites for hydroxylation is 1. The maximum Gasteiger partial charge on any atom is 0.252 e. The Hall–Kier alpha value is -1.06. The van der Waals surface area contributed by atoms with Crippen molar-refractivity contribution in [1.82, 2.24) is 10.2 Å². The highest BCUT2D eigenvalue weighted by Gasteiger charge is 2.39. The lowest BCUT2D eigenvalue weighted by atomic mass is 9.74. The fraction of sp³-hybridized carbons (Fsp3) is 0.632. The molecule has 1 aromatic carbocycles. The first-order valence-corrected chi connectivity index (χ1v) is 9.08. The highest BCUT2D eigenvalue weighted by molar-refractivity contribution is 6.33. The number of benzene rings is 1. The van der Waals surface area contributed by atoms with E-state index in [4.69, 9.17) is 11.6 Å². The van der Waals surface area contributed by atoms with E-state index in [9.17, 15) is 4.79 Å². The molecule has 0 aromatic heterocycles. The van der Waals surface area contributed by atoms with Gasteiger partial charge in [-0.3, -0.25) is 4.79 Å². The first-order chi connectivity index (χ1) is 11.0. The number of hydrogen-bond donors (Lipinski definition) is 1. The van der Waals surface area contributed by atoms with Crippen LogP contribution in [0.5, 0.6) is 0 Å². The van der Waals surface area contributed by atoms with Crippen LogP contribution < -0.4 is 5.32 Å². The first kappa shape index (κ1) is 16.8. The van der Waals surface area contributed by atoms with Gasteiger partial charge in [0.2, 0.25) is 0 Å². The first-order valence-electron chi connectivity index (χ1n) is 8.70. The molecular weight excluding hydrogens is 308 g/mol. The summed E-state index contributed by atoms with van der Waals surface area (Å²) in [5.41, 5.74) is 1.94. The van der Waals surface area contributed by atoms with Crippen molar-refractivity contribution in [2.75, 3.05) is 26.7 Å². The topological polar surface area (TPSA) is 32.3 Å². The third-order valence-corrected chi connectivity index (χ3v) is 5.77. The smallest absolute Gasteiger partial charge is 0.252 e. The van der Waals surface area contributed by atoms with Crippen LogP contribution in [-0.4, -0.2) is 37.5 Å². The molecule has 0 unspecified atom stereocenters. The van der Waals surface area contributed by atoms with Gasteiger partial charge in [-0.05, 0) is 75.4 Å². The minimum atomic E-state index is -0.0379. The number of nitrogens with zero attached hydrogens (tertiary/aromatic N) is 1. The van der Waals surface area contributed by atoms with Crippen LogP contribution in [0.15, 0.2) is 18.2 Å². The third-order valence-electron chi connectivity index (χ3n) is 5.46. The molecule has 126 valence electrons. The molecule has 1 aliphatic heterocycles. The van der Waals surface area contributed by atoms with Gasteiger partial charge >= 0.3 is 0 Å². The Morgan fingerprint density at radius 3 is 2.65 bits per heavy atom. The molecule has 0 spiro atoms. The number of piperidine rings is 1. The lowest BCUT2D eigenvalue weighted by Crippen LogP contribution is -2.45. The van der Waals surface area contributed by atoms with Crippen LogP contribution >= 0.6 is 11.6 Å². The lowest BCUT2D eigenvalue weighted by Gasteiger charge is -2.41. The van der Waals surface area contributed by atoms with E-state index in [1.165, 1.54) is 32.1 Å². The summed E-state index contributed by atoms with van der Waals surface area (Å²) < 4.78 is 0. The number of likely N-dealkylation sites (tertiary alicyclic amines) is 1. The number of amides is 1. The number of carbonyl (C=O) groups excluding carboxylic acids is 1. The largest absolute Gasteiger partial charge is 0.351 e. The molecule has 3 nitrogen and oxygen atoms in total. The summed E-state index contributed by atoms with van der Waals surface area (Å²) >= 11 is 6.23. The van der Waals surface area contributed by atoms with E-state index in [-0.39, 0.29) is 11.3 Å². The second-order valence-corrected chi connectivity index (χ2v) is 8.02. The minimum Gasteiger partial charge on any atom is -0.351 e. The standard InChI is InChI=1S/C19H27ClN2O/c1-14-3-6-16(17(20)11-14)18(23)21-13-19(12-15-4-5-15)7-9-22(2)10-8-19/h3,6,11,15H,4-5,7-10,12-13H2,1-2H3,(H,21,23). The highest BCUT2D eigenvalue weighted by atomic mass is 35.5. The van der Waals surface area contributed by atoms with Crippen molar-refractivity contribution in [3.8, 4) is 0 Å².